The molecule has 0 spiro atoms. The fourth-order valence-corrected chi connectivity index (χ4v) is 1.62. The molecule has 0 fully saturated rings. The van der Waals surface area contributed by atoms with E-state index in [-0.39, 0.29) is 11.8 Å². The predicted octanol–water partition coefficient (Wildman–Crippen LogP) is 1.91. The minimum Gasteiger partial charge on any atom is -0.383 e. The van der Waals surface area contributed by atoms with Gasteiger partial charge in [-0.05, 0) is 11.8 Å². The van der Waals surface area contributed by atoms with E-state index >= 15 is 0 Å². The molecule has 0 aliphatic heterocycles. The van der Waals surface area contributed by atoms with Crippen LogP contribution < -0.4 is 0 Å². The van der Waals surface area contributed by atoms with Gasteiger partial charge in [-0.25, -0.2) is 0 Å². The number of methoxy groups -OCH3 is 1. The second-order valence-corrected chi connectivity index (χ2v) is 5.02. The molecule has 0 aromatic heterocycles. The van der Waals surface area contributed by atoms with Crippen LogP contribution in [0.3, 0.4) is 0 Å². The molecule has 0 aromatic rings. The zero-order valence-electron chi connectivity index (χ0n) is 11.6. The molecular formula is C13H24N2O2. The molecule has 0 saturated carbocycles. The number of hydrogen-bond acceptors (Lipinski definition) is 3. The van der Waals surface area contributed by atoms with Gasteiger partial charge in [-0.2, -0.15) is 5.26 Å². The second kappa shape index (κ2) is 8.08. The molecule has 0 aliphatic rings. The average molecular weight is 240 g/mol. The summed E-state index contributed by atoms with van der Waals surface area (Å²) in [6, 6.07) is 2.10. The van der Waals surface area contributed by atoms with E-state index in [1.807, 2.05) is 13.8 Å². The summed E-state index contributed by atoms with van der Waals surface area (Å²) in [5.74, 6) is -0.189. The molecule has 1 atom stereocenters. The molecule has 0 aromatic carbocycles. The van der Waals surface area contributed by atoms with E-state index in [9.17, 15) is 4.79 Å². The van der Waals surface area contributed by atoms with Crippen molar-refractivity contribution >= 4 is 5.91 Å². The van der Waals surface area contributed by atoms with Crippen LogP contribution in [0.5, 0.6) is 0 Å². The van der Waals surface area contributed by atoms with Gasteiger partial charge in [-0.3, -0.25) is 4.79 Å². The van der Waals surface area contributed by atoms with E-state index in [2.05, 4.69) is 19.9 Å². The second-order valence-electron chi connectivity index (χ2n) is 5.02. The van der Waals surface area contributed by atoms with Crippen LogP contribution in [0, 0.1) is 29.1 Å². The van der Waals surface area contributed by atoms with E-state index in [4.69, 9.17) is 10.00 Å². The fraction of sp³-hybridized carbons (Fsp3) is 0.846. The van der Waals surface area contributed by atoms with Crippen LogP contribution in [-0.2, 0) is 9.53 Å². The third-order valence-corrected chi connectivity index (χ3v) is 2.53. The van der Waals surface area contributed by atoms with Crippen molar-refractivity contribution in [2.45, 2.75) is 27.7 Å². The first-order valence-corrected chi connectivity index (χ1v) is 6.11. The molecular weight excluding hydrogens is 216 g/mol. The van der Waals surface area contributed by atoms with Gasteiger partial charge >= 0.3 is 0 Å². The summed E-state index contributed by atoms with van der Waals surface area (Å²) < 4.78 is 5.00. The van der Waals surface area contributed by atoms with Crippen molar-refractivity contribution in [1.29, 1.82) is 5.26 Å². The Hall–Kier alpha value is -1.08. The van der Waals surface area contributed by atoms with E-state index in [1.54, 1.807) is 12.0 Å². The summed E-state index contributed by atoms with van der Waals surface area (Å²) in [5, 5.41) is 9.05. The summed E-state index contributed by atoms with van der Waals surface area (Å²) in [7, 11) is 1.61. The molecule has 98 valence electrons. The lowest BCUT2D eigenvalue weighted by Gasteiger charge is -2.27. The Morgan fingerprint density at radius 1 is 1.35 bits per heavy atom. The molecule has 0 radical (unpaired) electrons. The van der Waals surface area contributed by atoms with Gasteiger partial charge in [0.25, 0.3) is 0 Å². The van der Waals surface area contributed by atoms with E-state index in [0.717, 1.165) is 0 Å². The van der Waals surface area contributed by atoms with Crippen LogP contribution in [0.1, 0.15) is 27.7 Å². The number of hydrogen-bond donors (Lipinski definition) is 0. The third kappa shape index (κ3) is 5.69. The first kappa shape index (κ1) is 15.9. The lowest BCUT2D eigenvalue weighted by molar-refractivity contribution is -0.136. The molecule has 0 saturated heterocycles. The molecule has 17 heavy (non-hydrogen) atoms. The summed E-state index contributed by atoms with van der Waals surface area (Å²) in [4.78, 5) is 13.9. The Balaban J connectivity index is 4.66. The van der Waals surface area contributed by atoms with Crippen LogP contribution in [0.15, 0.2) is 0 Å². The maximum atomic E-state index is 12.2. The summed E-state index contributed by atoms with van der Waals surface area (Å²) >= 11 is 0. The normalized spacial score (nSPS) is 12.6. The minimum atomic E-state index is -0.550. The van der Waals surface area contributed by atoms with Crippen molar-refractivity contribution in [2.75, 3.05) is 26.8 Å². The van der Waals surface area contributed by atoms with Crippen molar-refractivity contribution in [3.8, 4) is 6.07 Å². The molecule has 1 unspecified atom stereocenters. The highest BCUT2D eigenvalue weighted by Crippen LogP contribution is 2.14. The molecule has 4 nitrogen and oxygen atoms in total. The smallest absolute Gasteiger partial charge is 0.240 e. The van der Waals surface area contributed by atoms with Gasteiger partial charge in [0.05, 0.1) is 12.7 Å². The van der Waals surface area contributed by atoms with Crippen molar-refractivity contribution in [2.24, 2.45) is 17.8 Å². The van der Waals surface area contributed by atoms with E-state index in [0.29, 0.717) is 25.6 Å². The van der Waals surface area contributed by atoms with Crippen molar-refractivity contribution in [3.05, 3.63) is 0 Å². The number of amides is 1. The lowest BCUT2D eigenvalue weighted by Crippen LogP contribution is -2.41. The number of nitrogens with zero attached hydrogens (tertiary/aromatic N) is 2. The predicted molar refractivity (Wildman–Crippen MR) is 67.2 cm³/mol. The Morgan fingerprint density at radius 3 is 2.29 bits per heavy atom. The van der Waals surface area contributed by atoms with Gasteiger partial charge in [0, 0.05) is 20.2 Å². The molecule has 0 N–H and O–H groups in total. The Kier molecular flexibility index (Phi) is 7.56. The van der Waals surface area contributed by atoms with Gasteiger partial charge in [0.2, 0.25) is 5.91 Å². The summed E-state index contributed by atoms with van der Waals surface area (Å²) in [5.41, 5.74) is 0. The highest BCUT2D eigenvalue weighted by Gasteiger charge is 2.27. The van der Waals surface area contributed by atoms with Gasteiger partial charge in [-0.15, -0.1) is 0 Å². The maximum absolute atomic E-state index is 12.2. The van der Waals surface area contributed by atoms with E-state index in [1.165, 1.54) is 0 Å². The number of nitriles is 1. The SMILES string of the molecule is COCCN(CC(C)C)C(=O)C(C#N)C(C)C. The van der Waals surface area contributed by atoms with Crippen molar-refractivity contribution < 1.29 is 9.53 Å². The lowest BCUT2D eigenvalue weighted by atomic mass is 9.95. The van der Waals surface area contributed by atoms with Crippen molar-refractivity contribution in [3.63, 3.8) is 0 Å². The Labute approximate surface area is 105 Å². The van der Waals surface area contributed by atoms with Gasteiger partial charge in [-0.1, -0.05) is 27.7 Å². The molecule has 4 heteroatoms. The standard InChI is InChI=1S/C13H24N2O2/c1-10(2)9-15(6-7-17-5)13(16)12(8-14)11(3)4/h10-12H,6-7,9H2,1-5H3. The minimum absolute atomic E-state index is 0.0460. The van der Waals surface area contributed by atoms with Gasteiger partial charge in [0.15, 0.2) is 0 Å². The van der Waals surface area contributed by atoms with Gasteiger partial charge < -0.3 is 9.64 Å². The maximum Gasteiger partial charge on any atom is 0.240 e. The van der Waals surface area contributed by atoms with Gasteiger partial charge in [0.1, 0.15) is 5.92 Å². The molecule has 0 aliphatic carbocycles. The number of rotatable bonds is 7. The Bertz CT molecular complexity index is 269. The largest absolute Gasteiger partial charge is 0.383 e. The Morgan fingerprint density at radius 2 is 1.94 bits per heavy atom. The van der Waals surface area contributed by atoms with Crippen LogP contribution in [0.2, 0.25) is 0 Å². The topological polar surface area (TPSA) is 53.3 Å². The molecule has 0 heterocycles. The third-order valence-electron chi connectivity index (χ3n) is 2.53. The monoisotopic (exact) mass is 240 g/mol. The highest BCUT2D eigenvalue weighted by molar-refractivity contribution is 5.81. The fourth-order valence-electron chi connectivity index (χ4n) is 1.62. The van der Waals surface area contributed by atoms with Crippen molar-refractivity contribution in [1.82, 2.24) is 4.90 Å². The average Bonchev–Trinajstić information content (AvgIpc) is 2.23. The van der Waals surface area contributed by atoms with E-state index < -0.39 is 5.92 Å². The highest BCUT2D eigenvalue weighted by atomic mass is 16.5. The molecule has 1 amide bonds. The van der Waals surface area contributed by atoms with Crippen LogP contribution >= 0.6 is 0 Å². The summed E-state index contributed by atoms with van der Waals surface area (Å²) in [6.45, 7) is 9.65. The zero-order chi connectivity index (χ0) is 13.4. The number of carbonyl (C=O) groups excluding carboxylic acids is 1. The van der Waals surface area contributed by atoms with Crippen LogP contribution in [0.25, 0.3) is 0 Å². The summed E-state index contributed by atoms with van der Waals surface area (Å²) in [6.07, 6.45) is 0. The van der Waals surface area contributed by atoms with Crippen LogP contribution in [0.4, 0.5) is 0 Å². The first-order chi connectivity index (χ1) is 7.93. The molecule has 0 bridgehead atoms. The quantitative estimate of drug-likeness (QED) is 0.683. The number of ether oxygens (including phenoxy) is 1. The number of carbonyl (C=O) groups is 1. The van der Waals surface area contributed by atoms with Crippen LogP contribution in [-0.4, -0.2) is 37.6 Å². The molecule has 0 rings (SSSR count). The first-order valence-electron chi connectivity index (χ1n) is 6.11. The zero-order valence-corrected chi connectivity index (χ0v) is 11.6.